The summed E-state index contributed by atoms with van der Waals surface area (Å²) in [6.07, 6.45) is 5.98. The minimum Gasteiger partial charge on any atom is -0.393 e. The predicted molar refractivity (Wildman–Crippen MR) is 68.2 cm³/mol. The number of rotatable bonds is 3. The lowest BCUT2D eigenvalue weighted by Crippen LogP contribution is -2.37. The number of carbonyl (C=O) groups is 1. The first-order valence-electron chi connectivity index (χ1n) is 6.25. The van der Waals surface area contributed by atoms with Crippen LogP contribution in [0.4, 0.5) is 10.5 Å². The van der Waals surface area contributed by atoms with Crippen molar-refractivity contribution < 1.29 is 9.90 Å². The molecule has 0 radical (unpaired) electrons. The van der Waals surface area contributed by atoms with Gasteiger partial charge in [-0.15, -0.1) is 0 Å². The van der Waals surface area contributed by atoms with Crippen molar-refractivity contribution in [3.05, 3.63) is 12.4 Å². The van der Waals surface area contributed by atoms with E-state index < -0.39 is 0 Å². The summed E-state index contributed by atoms with van der Waals surface area (Å²) in [5, 5.41) is 16.5. The Morgan fingerprint density at radius 2 is 2.44 bits per heavy atom. The number of amides is 2. The average molecular weight is 252 g/mol. The Hall–Kier alpha value is -1.56. The van der Waals surface area contributed by atoms with Gasteiger partial charge in [0, 0.05) is 32.8 Å². The molecule has 0 aliphatic heterocycles. The van der Waals surface area contributed by atoms with Crippen LogP contribution in [0.15, 0.2) is 12.4 Å². The van der Waals surface area contributed by atoms with Crippen LogP contribution >= 0.6 is 0 Å². The molecule has 2 rings (SSSR count). The van der Waals surface area contributed by atoms with E-state index in [1.165, 1.54) is 0 Å². The zero-order valence-electron chi connectivity index (χ0n) is 10.8. The van der Waals surface area contributed by atoms with E-state index in [1.54, 1.807) is 36.1 Å². The monoisotopic (exact) mass is 252 g/mol. The zero-order valence-corrected chi connectivity index (χ0v) is 10.8. The number of carbonyl (C=O) groups excluding carboxylic acids is 1. The summed E-state index contributed by atoms with van der Waals surface area (Å²) in [5.41, 5.74) is 0.682. The fraction of sp³-hybridized carbons (Fsp3) is 0.667. The molecule has 1 heterocycles. The van der Waals surface area contributed by atoms with Crippen LogP contribution in [-0.4, -0.2) is 45.5 Å². The first-order valence-corrected chi connectivity index (χ1v) is 6.25. The third kappa shape index (κ3) is 3.01. The normalized spacial score (nSPS) is 23.1. The van der Waals surface area contributed by atoms with Gasteiger partial charge >= 0.3 is 6.03 Å². The van der Waals surface area contributed by atoms with Crippen LogP contribution in [0, 0.1) is 5.92 Å². The van der Waals surface area contributed by atoms with Gasteiger partial charge in [0.2, 0.25) is 0 Å². The molecule has 1 saturated carbocycles. The molecule has 2 atom stereocenters. The molecule has 1 aromatic heterocycles. The maximum Gasteiger partial charge on any atom is 0.321 e. The molecule has 6 nitrogen and oxygen atoms in total. The number of nitrogens with zero attached hydrogens (tertiary/aromatic N) is 3. The highest BCUT2D eigenvalue weighted by molar-refractivity contribution is 5.88. The molecule has 0 spiro atoms. The molecule has 0 saturated heterocycles. The molecule has 1 aromatic rings. The number of aliphatic hydroxyl groups is 1. The number of anilines is 1. The maximum atomic E-state index is 11.9. The van der Waals surface area contributed by atoms with Crippen molar-refractivity contribution in [2.24, 2.45) is 13.0 Å². The van der Waals surface area contributed by atoms with Crippen molar-refractivity contribution in [1.29, 1.82) is 0 Å². The van der Waals surface area contributed by atoms with E-state index in [2.05, 4.69) is 10.4 Å². The third-order valence-electron chi connectivity index (χ3n) is 3.43. The minimum atomic E-state index is -0.265. The highest BCUT2D eigenvalue weighted by Crippen LogP contribution is 2.26. The summed E-state index contributed by atoms with van der Waals surface area (Å²) in [7, 11) is 3.55. The number of aromatic nitrogens is 2. The Balaban J connectivity index is 1.84. The second-order valence-corrected chi connectivity index (χ2v) is 4.97. The quantitative estimate of drug-likeness (QED) is 0.844. The molecule has 1 aliphatic rings. The van der Waals surface area contributed by atoms with Crippen LogP contribution in [0.25, 0.3) is 0 Å². The molecule has 0 bridgehead atoms. The molecule has 0 aromatic carbocycles. The zero-order chi connectivity index (χ0) is 13.1. The van der Waals surface area contributed by atoms with Gasteiger partial charge in [0.05, 0.1) is 18.0 Å². The Kier molecular flexibility index (Phi) is 3.86. The molecule has 6 heteroatoms. The second kappa shape index (κ2) is 5.39. The number of nitrogens with one attached hydrogen (secondary N) is 1. The van der Waals surface area contributed by atoms with E-state index in [4.69, 9.17) is 0 Å². The van der Waals surface area contributed by atoms with Crippen molar-refractivity contribution in [3.8, 4) is 0 Å². The molecular weight excluding hydrogens is 232 g/mol. The predicted octanol–water partition coefficient (Wildman–Crippen LogP) is 1.04. The summed E-state index contributed by atoms with van der Waals surface area (Å²) in [6, 6.07) is -0.165. The van der Waals surface area contributed by atoms with Crippen LogP contribution < -0.4 is 5.32 Å². The molecular formula is C12H20N4O2. The smallest absolute Gasteiger partial charge is 0.321 e. The van der Waals surface area contributed by atoms with E-state index >= 15 is 0 Å². The molecule has 1 aliphatic carbocycles. The van der Waals surface area contributed by atoms with Crippen molar-refractivity contribution in [2.75, 3.05) is 18.9 Å². The molecule has 2 unspecified atom stereocenters. The van der Waals surface area contributed by atoms with Crippen LogP contribution in [0.1, 0.15) is 19.3 Å². The summed E-state index contributed by atoms with van der Waals surface area (Å²) in [4.78, 5) is 13.5. The first-order chi connectivity index (χ1) is 8.56. The maximum absolute atomic E-state index is 11.9. The summed E-state index contributed by atoms with van der Waals surface area (Å²) < 4.78 is 1.64. The summed E-state index contributed by atoms with van der Waals surface area (Å²) in [5.74, 6) is 0.203. The standard InChI is InChI=1S/C12H20N4O2/c1-15(7-9-4-3-5-11(9)17)12(18)14-10-6-13-16(2)8-10/h6,8-9,11,17H,3-5,7H2,1-2H3,(H,14,18). The highest BCUT2D eigenvalue weighted by atomic mass is 16.3. The van der Waals surface area contributed by atoms with Gasteiger partial charge in [-0.2, -0.15) is 5.10 Å². The molecule has 2 amide bonds. The largest absolute Gasteiger partial charge is 0.393 e. The van der Waals surface area contributed by atoms with E-state index in [-0.39, 0.29) is 18.1 Å². The van der Waals surface area contributed by atoms with Crippen LogP contribution in [0.2, 0.25) is 0 Å². The van der Waals surface area contributed by atoms with Gasteiger partial charge in [0.15, 0.2) is 0 Å². The van der Waals surface area contributed by atoms with E-state index in [0.717, 1.165) is 19.3 Å². The lowest BCUT2D eigenvalue weighted by molar-refractivity contribution is 0.116. The Bertz CT molecular complexity index is 418. The average Bonchev–Trinajstić information content (AvgIpc) is 2.89. The van der Waals surface area contributed by atoms with Crippen molar-refractivity contribution in [1.82, 2.24) is 14.7 Å². The van der Waals surface area contributed by atoms with E-state index in [0.29, 0.717) is 12.2 Å². The number of aliphatic hydroxyl groups excluding tert-OH is 1. The Labute approximate surface area is 107 Å². The third-order valence-corrected chi connectivity index (χ3v) is 3.43. The SMILES string of the molecule is CN(CC1CCCC1O)C(=O)Nc1cnn(C)c1. The minimum absolute atomic E-state index is 0.165. The van der Waals surface area contributed by atoms with Gasteiger partial charge in [-0.05, 0) is 12.8 Å². The van der Waals surface area contributed by atoms with Gasteiger partial charge < -0.3 is 15.3 Å². The Morgan fingerprint density at radius 3 is 3.00 bits per heavy atom. The summed E-state index contributed by atoms with van der Waals surface area (Å²) >= 11 is 0. The number of urea groups is 1. The Morgan fingerprint density at radius 1 is 1.67 bits per heavy atom. The van der Waals surface area contributed by atoms with Crippen molar-refractivity contribution in [3.63, 3.8) is 0 Å². The number of aryl methyl sites for hydroxylation is 1. The molecule has 100 valence electrons. The fourth-order valence-corrected chi connectivity index (χ4v) is 2.37. The number of hydrogen-bond acceptors (Lipinski definition) is 3. The van der Waals surface area contributed by atoms with Crippen molar-refractivity contribution in [2.45, 2.75) is 25.4 Å². The molecule has 2 N–H and O–H groups in total. The van der Waals surface area contributed by atoms with E-state index in [1.807, 2.05) is 0 Å². The van der Waals surface area contributed by atoms with Gasteiger partial charge in [0.25, 0.3) is 0 Å². The van der Waals surface area contributed by atoms with Gasteiger partial charge in [-0.25, -0.2) is 4.79 Å². The van der Waals surface area contributed by atoms with E-state index in [9.17, 15) is 9.90 Å². The molecule has 18 heavy (non-hydrogen) atoms. The molecule has 1 fully saturated rings. The van der Waals surface area contributed by atoms with Gasteiger partial charge in [0.1, 0.15) is 0 Å². The highest BCUT2D eigenvalue weighted by Gasteiger charge is 2.27. The lowest BCUT2D eigenvalue weighted by atomic mass is 10.1. The number of hydrogen-bond donors (Lipinski definition) is 2. The van der Waals surface area contributed by atoms with Crippen LogP contribution in [-0.2, 0) is 7.05 Å². The topological polar surface area (TPSA) is 70.4 Å². The first kappa shape index (κ1) is 12.9. The van der Waals surface area contributed by atoms with Crippen LogP contribution in [0.3, 0.4) is 0 Å². The van der Waals surface area contributed by atoms with Gasteiger partial charge in [-0.1, -0.05) is 6.42 Å². The van der Waals surface area contributed by atoms with Gasteiger partial charge in [-0.3, -0.25) is 4.68 Å². The second-order valence-electron chi connectivity index (χ2n) is 4.97. The van der Waals surface area contributed by atoms with Crippen molar-refractivity contribution >= 4 is 11.7 Å². The van der Waals surface area contributed by atoms with Crippen LogP contribution in [0.5, 0.6) is 0 Å². The lowest BCUT2D eigenvalue weighted by Gasteiger charge is -2.23. The fourth-order valence-electron chi connectivity index (χ4n) is 2.37. The summed E-state index contributed by atoms with van der Waals surface area (Å²) in [6.45, 7) is 0.591.